The molecule has 194 valence electrons. The maximum Gasteiger partial charge on any atom is 0.160 e. The van der Waals surface area contributed by atoms with E-state index < -0.39 is 0 Å². The van der Waals surface area contributed by atoms with Gasteiger partial charge in [0.25, 0.3) is 0 Å². The van der Waals surface area contributed by atoms with E-state index in [-0.39, 0.29) is 24.1 Å². The Balaban J connectivity index is 1.18. The summed E-state index contributed by atoms with van der Waals surface area (Å²) in [6.45, 7) is 4.94. The number of allylic oxidation sites excluding steroid dienone is 1. The minimum Gasteiger partial charge on any atom is -0.507 e. The van der Waals surface area contributed by atoms with E-state index in [0.29, 0.717) is 31.5 Å². The molecule has 6 heteroatoms. The van der Waals surface area contributed by atoms with Crippen molar-refractivity contribution in [2.24, 2.45) is 0 Å². The van der Waals surface area contributed by atoms with Crippen molar-refractivity contribution in [1.29, 1.82) is 0 Å². The molecule has 3 heterocycles. The summed E-state index contributed by atoms with van der Waals surface area (Å²) >= 11 is 0. The van der Waals surface area contributed by atoms with Crippen molar-refractivity contribution in [3.05, 3.63) is 63.5 Å². The lowest BCUT2D eigenvalue weighted by molar-refractivity contribution is -0.114. The van der Waals surface area contributed by atoms with Gasteiger partial charge in [0, 0.05) is 41.8 Å². The molecule has 0 saturated carbocycles. The summed E-state index contributed by atoms with van der Waals surface area (Å²) in [5, 5.41) is 12.5. The number of hydrogen-bond donors (Lipinski definition) is 1. The second-order valence-corrected chi connectivity index (χ2v) is 10.5. The van der Waals surface area contributed by atoms with E-state index in [4.69, 9.17) is 14.2 Å². The van der Waals surface area contributed by atoms with Crippen LogP contribution < -0.4 is 19.9 Å². The summed E-state index contributed by atoms with van der Waals surface area (Å²) in [4.78, 5) is 15.4. The van der Waals surface area contributed by atoms with Crippen molar-refractivity contribution in [2.45, 2.75) is 51.0 Å². The van der Waals surface area contributed by atoms with Gasteiger partial charge in [-0.3, -0.25) is 9.69 Å². The molecular formula is C31H35NO5. The number of hydrogen-bond acceptors (Lipinski definition) is 6. The molecule has 0 bridgehead atoms. The van der Waals surface area contributed by atoms with Crippen molar-refractivity contribution in [3.8, 4) is 17.2 Å². The van der Waals surface area contributed by atoms with Crippen molar-refractivity contribution in [2.75, 3.05) is 39.5 Å². The van der Waals surface area contributed by atoms with Crippen molar-refractivity contribution in [3.63, 3.8) is 0 Å². The molecule has 2 fully saturated rings. The molecule has 4 aliphatic rings. The molecule has 0 spiro atoms. The van der Waals surface area contributed by atoms with Gasteiger partial charge in [0.2, 0.25) is 0 Å². The normalized spacial score (nSPS) is 21.8. The first-order chi connectivity index (χ1) is 18.2. The first kappa shape index (κ1) is 24.3. The molecule has 0 unspecified atom stereocenters. The molecule has 2 aromatic carbocycles. The first-order valence-corrected chi connectivity index (χ1v) is 13.7. The van der Waals surface area contributed by atoms with Crippen LogP contribution in [0.4, 0.5) is 0 Å². The fourth-order valence-electron chi connectivity index (χ4n) is 6.03. The van der Waals surface area contributed by atoms with Crippen LogP contribution in [0.15, 0.2) is 42.0 Å². The van der Waals surface area contributed by atoms with E-state index in [2.05, 4.69) is 23.1 Å². The van der Waals surface area contributed by atoms with Gasteiger partial charge in [-0.15, -0.1) is 0 Å². The van der Waals surface area contributed by atoms with Crippen molar-refractivity contribution >= 4 is 17.4 Å². The van der Waals surface area contributed by atoms with E-state index in [1.54, 1.807) is 12.1 Å². The van der Waals surface area contributed by atoms with E-state index in [1.807, 2.05) is 12.1 Å². The Bertz CT molecular complexity index is 1320. The Labute approximate surface area is 217 Å². The lowest BCUT2D eigenvalue weighted by atomic mass is 9.91. The van der Waals surface area contributed by atoms with Crippen LogP contribution in [0, 0.1) is 0 Å². The number of carbonyl (C=O) groups is 1. The number of rotatable bonds is 5. The Morgan fingerprint density at radius 3 is 2.70 bits per heavy atom. The standard InChI is InChI=1S/C31H35NO5/c33-24-16-23-18-29(21-7-9-25(10-8-21)35-15-13-32-11-3-1-2-4-12-32)37-20-27(23)30-26(19-24)31-22(17-28(30)34)6-5-14-36-31/h6-10,16-17,29,34H,1-5,11-15,18-20H2/t29-/m0/s1. The van der Waals surface area contributed by atoms with Gasteiger partial charge in [-0.25, -0.2) is 0 Å². The second kappa shape index (κ2) is 10.7. The Morgan fingerprint density at radius 1 is 1.08 bits per heavy atom. The number of nitrogens with zero attached hydrogens (tertiary/aromatic N) is 1. The Hall–Kier alpha value is -3.09. The highest BCUT2D eigenvalue weighted by atomic mass is 16.5. The number of phenolic OH excluding ortho intramolecular Hbond substituents is 1. The van der Waals surface area contributed by atoms with Crippen molar-refractivity contribution in [1.82, 2.24) is 4.90 Å². The smallest absolute Gasteiger partial charge is 0.160 e. The molecule has 1 aliphatic carbocycles. The number of ether oxygens (including phenoxy) is 3. The molecule has 3 aliphatic heterocycles. The predicted molar refractivity (Wildman–Crippen MR) is 142 cm³/mol. The zero-order chi connectivity index (χ0) is 25.2. The minimum atomic E-state index is -0.153. The van der Waals surface area contributed by atoms with Gasteiger partial charge in [-0.1, -0.05) is 31.1 Å². The molecule has 0 aromatic heterocycles. The van der Waals surface area contributed by atoms with E-state index in [0.717, 1.165) is 52.0 Å². The Kier molecular flexibility index (Phi) is 7.03. The van der Waals surface area contributed by atoms with Gasteiger partial charge >= 0.3 is 0 Å². The van der Waals surface area contributed by atoms with Crippen LogP contribution in [-0.2, 0) is 16.0 Å². The lowest BCUT2D eigenvalue weighted by Crippen LogP contribution is -2.29. The number of phenols is 1. The Morgan fingerprint density at radius 2 is 1.89 bits per heavy atom. The molecule has 6 nitrogen and oxygen atoms in total. The number of likely N-dealkylation sites (tertiary alicyclic amines) is 1. The van der Waals surface area contributed by atoms with Crippen LogP contribution in [0.2, 0.25) is 0 Å². The molecule has 37 heavy (non-hydrogen) atoms. The summed E-state index contributed by atoms with van der Waals surface area (Å²) < 4.78 is 18.3. The van der Waals surface area contributed by atoms with E-state index >= 15 is 0 Å². The summed E-state index contributed by atoms with van der Waals surface area (Å²) in [5.74, 6) is 1.81. The van der Waals surface area contributed by atoms with Crippen LogP contribution >= 0.6 is 0 Å². The summed E-state index contributed by atoms with van der Waals surface area (Å²) in [6, 6.07) is 9.89. The number of benzene rings is 2. The predicted octanol–water partition coefficient (Wildman–Crippen LogP) is 3.57. The van der Waals surface area contributed by atoms with Gasteiger partial charge in [-0.2, -0.15) is 0 Å². The molecule has 6 rings (SSSR count). The number of fused-ring (bicyclic) bond motifs is 4. The van der Waals surface area contributed by atoms with E-state index in [1.165, 1.54) is 38.8 Å². The van der Waals surface area contributed by atoms with Crippen LogP contribution in [-0.4, -0.2) is 55.2 Å². The average molecular weight is 502 g/mol. The van der Waals surface area contributed by atoms with Gasteiger partial charge in [0.1, 0.15) is 23.9 Å². The fourth-order valence-corrected chi connectivity index (χ4v) is 6.03. The molecular weight excluding hydrogens is 466 g/mol. The summed E-state index contributed by atoms with van der Waals surface area (Å²) in [6.07, 6.45) is 10.5. The number of carbonyl (C=O) groups excluding carboxylic acids is 1. The van der Waals surface area contributed by atoms with Gasteiger partial charge in [0.05, 0.1) is 19.3 Å². The summed E-state index contributed by atoms with van der Waals surface area (Å²) in [7, 11) is 0. The highest BCUT2D eigenvalue weighted by Crippen LogP contribution is 2.37. The molecule has 1 atom stereocenters. The average Bonchev–Trinajstić information content (AvgIpc) is 3.26. The van der Waals surface area contributed by atoms with Crippen LogP contribution in [0.1, 0.15) is 55.8 Å². The largest absolute Gasteiger partial charge is 0.507 e. The number of aromatic hydroxyl groups is 1. The third-order valence-electron chi connectivity index (χ3n) is 7.95. The highest BCUT2D eigenvalue weighted by molar-refractivity contribution is 5.97. The van der Waals surface area contributed by atoms with Crippen LogP contribution in [0.25, 0.3) is 11.6 Å². The topological polar surface area (TPSA) is 68.2 Å². The molecule has 1 N–H and O–H groups in total. The molecule has 0 radical (unpaired) electrons. The lowest BCUT2D eigenvalue weighted by Gasteiger charge is -2.28. The van der Waals surface area contributed by atoms with E-state index in [9.17, 15) is 9.90 Å². The van der Waals surface area contributed by atoms with Gasteiger partial charge in [-0.05, 0) is 66.9 Å². The minimum absolute atomic E-state index is 0.0297. The maximum atomic E-state index is 12.9. The highest BCUT2D eigenvalue weighted by Gasteiger charge is 2.29. The van der Waals surface area contributed by atoms with Crippen LogP contribution in [0.5, 0.6) is 17.2 Å². The van der Waals surface area contributed by atoms with Gasteiger partial charge in [0.15, 0.2) is 5.78 Å². The second-order valence-electron chi connectivity index (χ2n) is 10.5. The third kappa shape index (κ3) is 5.18. The van der Waals surface area contributed by atoms with Crippen LogP contribution in [0.3, 0.4) is 0 Å². The zero-order valence-electron chi connectivity index (χ0n) is 21.3. The molecule has 2 saturated heterocycles. The first-order valence-electron chi connectivity index (χ1n) is 13.7. The number of ketones is 1. The quantitative estimate of drug-likeness (QED) is 0.676. The zero-order valence-corrected chi connectivity index (χ0v) is 21.3. The fraction of sp³-hybridized carbons (Fsp3) is 0.452. The third-order valence-corrected chi connectivity index (χ3v) is 7.95. The monoisotopic (exact) mass is 501 g/mol. The maximum absolute atomic E-state index is 12.9. The summed E-state index contributed by atoms with van der Waals surface area (Å²) in [5.41, 5.74) is 3.66. The van der Waals surface area contributed by atoms with Gasteiger partial charge < -0.3 is 19.3 Å². The molecule has 2 aromatic rings. The SMILES string of the molecule is O=C1C=C2C[C@@H](c3ccc(OCCN4CCCCCC4)cc3)OCC2=c2c(O)cc3c(c2C1)OCCC=3. The van der Waals surface area contributed by atoms with Crippen molar-refractivity contribution < 1.29 is 24.1 Å². The molecule has 0 amide bonds.